The number of hydrogen-bond acceptors (Lipinski definition) is 2. The van der Waals surface area contributed by atoms with Crippen LogP contribution in [0.25, 0.3) is 0 Å². The zero-order chi connectivity index (χ0) is 16.8. The smallest absolute Gasteiger partial charge is 0.317 e. The van der Waals surface area contributed by atoms with Crippen LogP contribution in [0.3, 0.4) is 0 Å². The van der Waals surface area contributed by atoms with Gasteiger partial charge in [0, 0.05) is 32.7 Å². The molecule has 4 nitrogen and oxygen atoms in total. The first kappa shape index (κ1) is 17.8. The Bertz CT molecular complexity index is 489. The van der Waals surface area contributed by atoms with E-state index in [4.69, 9.17) is 0 Å². The molecule has 2 atom stereocenters. The molecule has 2 unspecified atom stereocenters. The molecule has 0 aromatic heterocycles. The van der Waals surface area contributed by atoms with Crippen LogP contribution in [0.5, 0.6) is 0 Å². The number of amides is 2. The topological polar surface area (TPSA) is 35.6 Å². The predicted molar refractivity (Wildman–Crippen MR) is 95.3 cm³/mol. The second-order valence-corrected chi connectivity index (χ2v) is 7.24. The van der Waals surface area contributed by atoms with Gasteiger partial charge in [-0.25, -0.2) is 4.79 Å². The van der Waals surface area contributed by atoms with Crippen molar-refractivity contribution in [2.75, 3.05) is 26.7 Å². The zero-order valence-corrected chi connectivity index (χ0v) is 15.0. The van der Waals surface area contributed by atoms with Crippen molar-refractivity contribution < 1.29 is 4.79 Å². The Hall–Kier alpha value is -1.55. The molecule has 0 bridgehead atoms. The summed E-state index contributed by atoms with van der Waals surface area (Å²) in [6.45, 7) is 10.4. The van der Waals surface area contributed by atoms with E-state index in [-0.39, 0.29) is 12.1 Å². The molecule has 0 aliphatic carbocycles. The maximum atomic E-state index is 12.2. The minimum Gasteiger partial charge on any atom is -0.335 e. The molecule has 0 spiro atoms. The first-order valence-corrected chi connectivity index (χ1v) is 8.73. The van der Waals surface area contributed by atoms with Crippen LogP contribution in [0.15, 0.2) is 30.3 Å². The van der Waals surface area contributed by atoms with Gasteiger partial charge in [0.1, 0.15) is 0 Å². The standard InChI is InChI=1S/C19H31N3O/c1-15(2)16(3)20-19(23)21(4)12-18-10-11-22(14-18)13-17-8-6-5-7-9-17/h5-9,15-16,18H,10-14H2,1-4H3,(H,20,23). The number of nitrogens with zero attached hydrogens (tertiary/aromatic N) is 2. The fraction of sp³-hybridized carbons (Fsp3) is 0.632. The van der Waals surface area contributed by atoms with Crippen molar-refractivity contribution in [2.45, 2.75) is 39.8 Å². The highest BCUT2D eigenvalue weighted by Gasteiger charge is 2.25. The summed E-state index contributed by atoms with van der Waals surface area (Å²) >= 11 is 0. The van der Waals surface area contributed by atoms with Crippen LogP contribution in [-0.4, -0.2) is 48.6 Å². The zero-order valence-electron chi connectivity index (χ0n) is 15.0. The van der Waals surface area contributed by atoms with Gasteiger partial charge < -0.3 is 10.2 Å². The van der Waals surface area contributed by atoms with Crippen LogP contribution >= 0.6 is 0 Å². The third kappa shape index (κ3) is 5.54. The monoisotopic (exact) mass is 317 g/mol. The molecule has 1 aromatic carbocycles. The van der Waals surface area contributed by atoms with E-state index in [0.717, 1.165) is 26.2 Å². The molecule has 0 radical (unpaired) electrons. The van der Waals surface area contributed by atoms with Crippen molar-refractivity contribution in [3.8, 4) is 0 Å². The molecule has 1 aromatic rings. The lowest BCUT2D eigenvalue weighted by molar-refractivity contribution is 0.193. The summed E-state index contributed by atoms with van der Waals surface area (Å²) in [5, 5.41) is 3.08. The van der Waals surface area contributed by atoms with Crippen LogP contribution in [0, 0.1) is 11.8 Å². The van der Waals surface area contributed by atoms with Gasteiger partial charge >= 0.3 is 6.03 Å². The number of likely N-dealkylation sites (tertiary alicyclic amines) is 1. The number of hydrogen-bond donors (Lipinski definition) is 1. The molecule has 1 N–H and O–H groups in total. The highest BCUT2D eigenvalue weighted by molar-refractivity contribution is 5.74. The molecule has 0 saturated carbocycles. The molecule has 128 valence electrons. The van der Waals surface area contributed by atoms with Crippen molar-refractivity contribution in [2.24, 2.45) is 11.8 Å². The molecule has 1 saturated heterocycles. The number of nitrogens with one attached hydrogen (secondary N) is 1. The second kappa shape index (κ2) is 8.34. The summed E-state index contributed by atoms with van der Waals surface area (Å²) in [5.41, 5.74) is 1.37. The molecule has 1 aliphatic heterocycles. The minimum absolute atomic E-state index is 0.0488. The summed E-state index contributed by atoms with van der Waals surface area (Å²) in [6.07, 6.45) is 1.17. The van der Waals surface area contributed by atoms with Crippen LogP contribution in [-0.2, 0) is 6.54 Å². The molecule has 23 heavy (non-hydrogen) atoms. The lowest BCUT2D eigenvalue weighted by Gasteiger charge is -2.25. The lowest BCUT2D eigenvalue weighted by Crippen LogP contribution is -2.45. The van der Waals surface area contributed by atoms with Gasteiger partial charge in [0.2, 0.25) is 0 Å². The van der Waals surface area contributed by atoms with Gasteiger partial charge in [-0.15, -0.1) is 0 Å². The first-order chi connectivity index (χ1) is 11.0. The normalized spacial score (nSPS) is 19.8. The van der Waals surface area contributed by atoms with Crippen LogP contribution < -0.4 is 5.32 Å². The molecule has 1 heterocycles. The van der Waals surface area contributed by atoms with Gasteiger partial charge in [0.05, 0.1) is 0 Å². The maximum Gasteiger partial charge on any atom is 0.317 e. The third-order valence-corrected chi connectivity index (χ3v) is 4.85. The fourth-order valence-electron chi connectivity index (χ4n) is 2.99. The van der Waals surface area contributed by atoms with E-state index >= 15 is 0 Å². The van der Waals surface area contributed by atoms with E-state index in [1.807, 2.05) is 11.9 Å². The van der Waals surface area contributed by atoms with E-state index in [2.05, 4.69) is 61.3 Å². The van der Waals surface area contributed by atoms with E-state index in [0.29, 0.717) is 11.8 Å². The Morgan fingerprint density at radius 3 is 2.65 bits per heavy atom. The van der Waals surface area contributed by atoms with Gasteiger partial charge in [0.15, 0.2) is 0 Å². The minimum atomic E-state index is 0.0488. The Morgan fingerprint density at radius 1 is 1.30 bits per heavy atom. The highest BCUT2D eigenvalue weighted by atomic mass is 16.2. The second-order valence-electron chi connectivity index (χ2n) is 7.24. The summed E-state index contributed by atoms with van der Waals surface area (Å²) in [4.78, 5) is 16.6. The summed E-state index contributed by atoms with van der Waals surface area (Å²) < 4.78 is 0. The SMILES string of the molecule is CC(C)C(C)NC(=O)N(C)CC1CCN(Cc2ccccc2)C1. The molecule has 2 rings (SSSR count). The molecule has 1 aliphatic rings. The largest absolute Gasteiger partial charge is 0.335 e. The Morgan fingerprint density at radius 2 is 2.00 bits per heavy atom. The van der Waals surface area contributed by atoms with Crippen LogP contribution in [0.2, 0.25) is 0 Å². The predicted octanol–water partition coefficient (Wildman–Crippen LogP) is 3.19. The van der Waals surface area contributed by atoms with Gasteiger partial charge in [0.25, 0.3) is 0 Å². The van der Waals surface area contributed by atoms with Gasteiger partial charge in [-0.2, -0.15) is 0 Å². The van der Waals surface area contributed by atoms with Crippen LogP contribution in [0.1, 0.15) is 32.8 Å². The Balaban J connectivity index is 1.75. The molecule has 2 amide bonds. The highest BCUT2D eigenvalue weighted by Crippen LogP contribution is 2.19. The quantitative estimate of drug-likeness (QED) is 0.874. The Labute approximate surface area is 140 Å². The number of urea groups is 1. The fourth-order valence-corrected chi connectivity index (χ4v) is 2.99. The maximum absolute atomic E-state index is 12.2. The van der Waals surface area contributed by atoms with E-state index in [9.17, 15) is 4.79 Å². The van der Waals surface area contributed by atoms with E-state index in [1.54, 1.807) is 0 Å². The molecular formula is C19H31N3O. The van der Waals surface area contributed by atoms with Crippen molar-refractivity contribution in [3.05, 3.63) is 35.9 Å². The Kier molecular flexibility index (Phi) is 6.46. The van der Waals surface area contributed by atoms with Crippen molar-refractivity contribution in [1.29, 1.82) is 0 Å². The van der Waals surface area contributed by atoms with Crippen molar-refractivity contribution >= 4 is 6.03 Å². The van der Waals surface area contributed by atoms with E-state index < -0.39 is 0 Å². The third-order valence-electron chi connectivity index (χ3n) is 4.85. The number of rotatable bonds is 6. The van der Waals surface area contributed by atoms with Crippen molar-refractivity contribution in [3.63, 3.8) is 0 Å². The van der Waals surface area contributed by atoms with Gasteiger partial charge in [-0.3, -0.25) is 4.90 Å². The number of carbonyl (C=O) groups excluding carboxylic acids is 1. The van der Waals surface area contributed by atoms with E-state index in [1.165, 1.54) is 12.0 Å². The summed E-state index contributed by atoms with van der Waals surface area (Å²) in [5.74, 6) is 1.03. The summed E-state index contributed by atoms with van der Waals surface area (Å²) in [7, 11) is 1.90. The first-order valence-electron chi connectivity index (χ1n) is 8.73. The lowest BCUT2D eigenvalue weighted by atomic mass is 10.1. The summed E-state index contributed by atoms with van der Waals surface area (Å²) in [6, 6.07) is 10.9. The molecular weight excluding hydrogens is 286 g/mol. The average molecular weight is 317 g/mol. The number of carbonyl (C=O) groups is 1. The van der Waals surface area contributed by atoms with Crippen molar-refractivity contribution in [1.82, 2.24) is 15.1 Å². The number of benzene rings is 1. The van der Waals surface area contributed by atoms with Gasteiger partial charge in [-0.05, 0) is 37.3 Å². The van der Waals surface area contributed by atoms with Gasteiger partial charge in [-0.1, -0.05) is 44.2 Å². The molecule has 1 fully saturated rings. The molecule has 4 heteroatoms. The van der Waals surface area contributed by atoms with Crippen LogP contribution in [0.4, 0.5) is 4.79 Å². The average Bonchev–Trinajstić information content (AvgIpc) is 2.95.